The molecule has 594 valence electrons. The van der Waals surface area contributed by atoms with Crippen molar-refractivity contribution in [2.45, 2.75) is 289 Å². The van der Waals surface area contributed by atoms with Crippen molar-refractivity contribution in [1.29, 1.82) is 0 Å². The Labute approximate surface area is 653 Å². The van der Waals surface area contributed by atoms with Gasteiger partial charge in [-0.1, -0.05) is 154 Å². The number of carbonyl (C=O) groups excluding carboxylic acids is 1. The second-order valence-electron chi connectivity index (χ2n) is 30.5. The minimum Gasteiger partial charge on any atom is -0.481 e. The maximum Gasteiger partial charge on any atom is 0.490 e. The van der Waals surface area contributed by atoms with Crippen molar-refractivity contribution >= 4 is 82.3 Å². The molecule has 0 aromatic carbocycles. The van der Waals surface area contributed by atoms with Crippen LogP contribution in [0.15, 0.2) is 78.6 Å². The number of fused-ring (bicyclic) bond motifs is 9. The molecule has 0 spiro atoms. The number of ketones is 1. The quantitative estimate of drug-likeness (QED) is 0.105. The molecule has 0 bridgehead atoms. The van der Waals surface area contributed by atoms with Crippen LogP contribution in [0.3, 0.4) is 0 Å². The van der Waals surface area contributed by atoms with E-state index in [-0.39, 0.29) is 95.4 Å². The summed E-state index contributed by atoms with van der Waals surface area (Å²) in [7, 11) is -2.17. The average Bonchev–Trinajstić information content (AvgIpc) is 1.62. The Hall–Kier alpha value is -5.94. The van der Waals surface area contributed by atoms with Gasteiger partial charge < -0.3 is 28.6 Å². The Kier molecular flexibility index (Phi) is 35.0. The number of carboxylic acid groups (broad SMARTS) is 1. The SMILES string of the molecule is BrC1=CCc2ncc3nc(C4CCCC4)cn3c21.C.C.C.C.C.C.C.C.C1=C(C2=CCc3ncc4nc(C5CCCC5)cn4c32)CCOC1.C1=C(C2CCOCC2)c2c(ncc3nc(C4CCCC4)cn23)C1.CC1(C)OB(C2=CCOCC2)OC1(C)C.CS(C)(=O)=CC(=O)C1CCCC1.O=C(O)C1CCCC1. The van der Waals surface area contributed by atoms with Crippen LogP contribution in [0.1, 0.15) is 310 Å². The number of halogens is 1. The zero-order chi connectivity index (χ0) is 68.8. The number of carbonyl (C=O) groups is 2. The number of carboxylic acids is 1. The number of rotatable bonds is 9. The Bertz CT molecular complexity index is 4170. The fraction of sp³-hybridized carbons (Fsp3) is 0.640. The monoisotopic (exact) mass is 1560 g/mol. The van der Waals surface area contributed by atoms with Crippen LogP contribution in [-0.2, 0) is 61.9 Å². The van der Waals surface area contributed by atoms with Crippen LogP contribution in [-0.4, -0.2) is 140 Å². The van der Waals surface area contributed by atoms with Gasteiger partial charge in [-0.05, 0) is 171 Å². The standard InChI is InChI=1S/C19H23N3O.C19H21N3O.C14H14BrN3.C11H19BO3.C9H16O2S.C6H10O2.8CH4/c2*1-2-4-14(3-1)17-12-22-18(21-17)11-20-16-6-5-15(19(16)22)13-7-9-23-10-8-13;15-10-5-6-11-14(10)18-8-12(9-3-1-2-4-9)17-13(18)7-16-11;1-10(2)11(3,4)15-12(14-10)9-5-7-13-8-6-9;1-12(2,11)7-9(10)8-5-3-4-6-8;7-6(8)5-3-1-2-4-5;;;;;;;;/h5,11-14H,1-4,6-10H2;5,7,11-12,14H,1-4,6,8-10H2;5,7-9H,1-4,6H2;5H,6-8H2,1-4H3;7-8H,3-6H2,1-2H3;5H,1-4H2,(H,7,8);8*1H4. The summed E-state index contributed by atoms with van der Waals surface area (Å²) in [5.41, 5.74) is 19.0. The highest BCUT2D eigenvalue weighted by Crippen LogP contribution is 2.43. The molecule has 0 radical (unpaired) electrons. The summed E-state index contributed by atoms with van der Waals surface area (Å²) in [5, 5.41) is 9.83. The van der Waals surface area contributed by atoms with Gasteiger partial charge in [0.25, 0.3) is 0 Å². The highest BCUT2D eigenvalue weighted by molar-refractivity contribution is 9.15. The van der Waals surface area contributed by atoms with E-state index in [1.54, 1.807) is 12.5 Å². The van der Waals surface area contributed by atoms with Crippen molar-refractivity contribution in [1.82, 2.24) is 43.1 Å². The first kappa shape index (κ1) is 91.7. The molecule has 18 rings (SSSR count). The largest absolute Gasteiger partial charge is 0.490 e. The molecular weight excluding hydrogens is 1430 g/mol. The molecule has 6 aromatic heterocycles. The molecule has 5 saturated carbocycles. The van der Waals surface area contributed by atoms with E-state index in [2.05, 4.69) is 116 Å². The number of aliphatic carboxylic acids is 1. The summed E-state index contributed by atoms with van der Waals surface area (Å²) < 4.78 is 47.4. The number of allylic oxidation sites excluding steroid dienone is 5. The van der Waals surface area contributed by atoms with Crippen molar-refractivity contribution in [2.75, 3.05) is 52.2 Å². The lowest BCUT2D eigenvalue weighted by molar-refractivity contribution is -0.141. The fourth-order valence-corrected chi connectivity index (χ4v) is 17.8. The Morgan fingerprint density at radius 3 is 1.36 bits per heavy atom. The van der Waals surface area contributed by atoms with Gasteiger partial charge in [-0.15, -0.1) is 0 Å². The highest BCUT2D eigenvalue weighted by Gasteiger charge is 2.52. The van der Waals surface area contributed by atoms with E-state index in [1.165, 1.54) is 150 Å². The van der Waals surface area contributed by atoms with Crippen LogP contribution >= 0.6 is 15.9 Å². The summed E-state index contributed by atoms with van der Waals surface area (Å²) >= 11 is 3.62. The van der Waals surface area contributed by atoms with Crippen molar-refractivity contribution in [3.8, 4) is 0 Å². The summed E-state index contributed by atoms with van der Waals surface area (Å²) in [6.07, 6.45) is 58.1. The van der Waals surface area contributed by atoms with E-state index in [4.69, 9.17) is 48.6 Å². The van der Waals surface area contributed by atoms with Gasteiger partial charge in [0.15, 0.2) is 22.7 Å². The van der Waals surface area contributed by atoms with Gasteiger partial charge in [0, 0.05) is 97.1 Å². The van der Waals surface area contributed by atoms with Crippen molar-refractivity contribution in [3.63, 3.8) is 0 Å². The second-order valence-corrected chi connectivity index (χ2v) is 34.2. The van der Waals surface area contributed by atoms with E-state index in [9.17, 15) is 13.8 Å². The molecule has 2 saturated heterocycles. The molecule has 6 aromatic rings. The lowest BCUT2D eigenvalue weighted by Gasteiger charge is -2.32. The van der Waals surface area contributed by atoms with Crippen LogP contribution in [0.4, 0.5) is 0 Å². The molecule has 0 unspecified atom stereocenters. The van der Waals surface area contributed by atoms with Crippen LogP contribution in [0.25, 0.3) is 32.6 Å². The number of Topliss-reactive ketones (excluding diaryl/α,β-unsaturated/α-hetero) is 1. The third-order valence-corrected chi connectivity index (χ3v) is 24.3. The van der Waals surface area contributed by atoms with Gasteiger partial charge in [0.2, 0.25) is 0 Å². The molecule has 10 heterocycles. The molecule has 1 N–H and O–H groups in total. The molecule has 18 nitrogen and oxygen atoms in total. The number of imidazole rings is 3. The maximum atomic E-state index is 11.4. The molecule has 0 atom stereocenters. The lowest BCUT2D eigenvalue weighted by Crippen LogP contribution is -2.41. The third kappa shape index (κ3) is 21.6. The molecule has 4 aliphatic heterocycles. The van der Waals surface area contributed by atoms with E-state index in [0.717, 1.165) is 156 Å². The maximum absolute atomic E-state index is 11.4. The van der Waals surface area contributed by atoms with Gasteiger partial charge >= 0.3 is 13.1 Å². The minimum atomic E-state index is -1.99. The highest BCUT2D eigenvalue weighted by atomic mass is 79.9. The van der Waals surface area contributed by atoms with Crippen molar-refractivity contribution < 1.29 is 42.4 Å². The second kappa shape index (κ2) is 40.8. The van der Waals surface area contributed by atoms with E-state index in [1.807, 2.05) is 18.6 Å². The predicted octanol–water partition coefficient (Wildman–Crippen LogP) is 20.5. The van der Waals surface area contributed by atoms with Crippen LogP contribution < -0.4 is 0 Å². The zero-order valence-corrected chi connectivity index (χ0v) is 61.7. The number of nitrogens with zero attached hydrogens (tertiary/aromatic N) is 9. The average molecular weight is 1560 g/mol. The number of ether oxygens (including phenoxy) is 3. The topological polar surface area (TPSA) is 208 Å². The fourth-order valence-electron chi connectivity index (χ4n) is 16.4. The van der Waals surface area contributed by atoms with E-state index < -0.39 is 15.5 Å². The zero-order valence-electron chi connectivity index (χ0n) is 59.3. The third-order valence-electron chi connectivity index (χ3n) is 22.8. The molecule has 7 fully saturated rings. The first-order chi connectivity index (χ1) is 47.8. The van der Waals surface area contributed by atoms with E-state index >= 15 is 0 Å². The Morgan fingerprint density at radius 1 is 0.505 bits per heavy atom. The van der Waals surface area contributed by atoms with Crippen LogP contribution in [0.5, 0.6) is 0 Å². The van der Waals surface area contributed by atoms with E-state index in [0.29, 0.717) is 30.3 Å². The molecule has 0 amide bonds. The van der Waals surface area contributed by atoms with Crippen LogP contribution in [0.2, 0.25) is 0 Å². The van der Waals surface area contributed by atoms with Crippen molar-refractivity contribution in [3.05, 3.63) is 130 Å². The summed E-state index contributed by atoms with van der Waals surface area (Å²) in [6.45, 7) is 13.1. The smallest absolute Gasteiger partial charge is 0.481 e. The Morgan fingerprint density at radius 2 is 0.916 bits per heavy atom. The lowest BCUT2D eigenvalue weighted by atomic mass is 9.75. The number of aromatic nitrogens is 9. The number of hydrogen-bond acceptors (Lipinski definition) is 14. The molecule has 12 aliphatic rings. The first-order valence-electron chi connectivity index (χ1n) is 37.2. The number of hydrogen-bond donors (Lipinski definition) is 1. The van der Waals surface area contributed by atoms with Crippen molar-refractivity contribution in [2.24, 2.45) is 17.8 Å². The summed E-state index contributed by atoms with van der Waals surface area (Å²) in [4.78, 5) is 50.1. The Balaban J connectivity index is 0.000000233. The van der Waals surface area contributed by atoms with Gasteiger partial charge in [0.1, 0.15) is 0 Å². The first-order valence-corrected chi connectivity index (χ1v) is 40.5. The van der Waals surface area contributed by atoms with Crippen LogP contribution in [0, 0.1) is 17.8 Å². The van der Waals surface area contributed by atoms with Gasteiger partial charge in [-0.3, -0.25) is 42.0 Å². The van der Waals surface area contributed by atoms with Gasteiger partial charge in [0.05, 0.1) is 113 Å². The molecule has 107 heavy (non-hydrogen) atoms. The molecule has 21 heteroatoms. The minimum absolute atomic E-state index is 0. The molecular formula is C86H135BBrN9O9S. The predicted molar refractivity (Wildman–Crippen MR) is 450 cm³/mol. The summed E-state index contributed by atoms with van der Waals surface area (Å²) in [5.74, 6) is 2.22. The van der Waals surface area contributed by atoms with Gasteiger partial charge in [-0.25, -0.2) is 15.0 Å². The normalized spacial score (nSPS) is 20.7. The summed E-state index contributed by atoms with van der Waals surface area (Å²) in [6, 6.07) is 0. The molecule has 8 aliphatic carbocycles. The van der Waals surface area contributed by atoms with Gasteiger partial charge in [-0.2, -0.15) is 0 Å².